The highest BCUT2D eigenvalue weighted by Crippen LogP contribution is 2.24. The van der Waals surface area contributed by atoms with Crippen molar-refractivity contribution in [3.05, 3.63) is 85.4 Å². The fourth-order valence-corrected chi connectivity index (χ4v) is 6.06. The molecule has 14 nitrogen and oxygen atoms in total. The Hall–Kier alpha value is -5.31. The van der Waals surface area contributed by atoms with Gasteiger partial charge in [0.25, 0.3) is 5.91 Å². The standard InChI is InChI=1S/C31H36FN13O/c32-21-4-6-24(7-5-21)45-25(3-1-2-10-36-28(26-34-11-12-35-26)43-15-8-22(33)19-43)40-27(41-45)31(46)39-23-9-16-44(20-23)30-29-37-13-17-42(29)18-14-38-30/h2,4-7,10-14,17-18,22-23,25H,1,3,8-9,15-16,19-20,33H2,(H,34,35)(H,39,46)(H,40,41)/b10-2-,36-28+/t22?,23-,25?/m0/s1. The van der Waals surface area contributed by atoms with Gasteiger partial charge in [0.05, 0.1) is 5.69 Å². The zero-order chi connectivity index (χ0) is 31.5. The zero-order valence-electron chi connectivity index (χ0n) is 25.2. The first-order valence-corrected chi connectivity index (χ1v) is 15.5. The molecule has 4 aromatic rings. The van der Waals surface area contributed by atoms with Gasteiger partial charge >= 0.3 is 0 Å². The summed E-state index contributed by atoms with van der Waals surface area (Å²) in [6, 6.07) is 6.11. The lowest BCUT2D eigenvalue weighted by Crippen LogP contribution is -2.47. The lowest BCUT2D eigenvalue weighted by molar-refractivity contribution is -0.115. The van der Waals surface area contributed by atoms with Gasteiger partial charge in [-0.05, 0) is 49.9 Å². The summed E-state index contributed by atoms with van der Waals surface area (Å²) in [5.41, 5.74) is 7.59. The summed E-state index contributed by atoms with van der Waals surface area (Å²) in [6.07, 6.45) is 17.1. The van der Waals surface area contributed by atoms with Crippen LogP contribution in [0.3, 0.4) is 0 Å². The maximum atomic E-state index is 13.7. The molecule has 0 aliphatic carbocycles. The number of aliphatic imine (C=N–C) groups is 1. The Labute approximate surface area is 264 Å². The van der Waals surface area contributed by atoms with E-state index in [2.05, 4.69) is 45.5 Å². The molecule has 0 bridgehead atoms. The fourth-order valence-electron chi connectivity index (χ4n) is 6.06. The van der Waals surface area contributed by atoms with E-state index in [1.165, 1.54) is 12.1 Å². The number of rotatable bonds is 9. The zero-order valence-corrected chi connectivity index (χ0v) is 25.2. The van der Waals surface area contributed by atoms with Gasteiger partial charge in [-0.1, -0.05) is 6.08 Å². The molecule has 238 valence electrons. The molecule has 6 heterocycles. The molecule has 3 atom stereocenters. The number of allylic oxidation sites excluding steroid dienone is 1. The van der Waals surface area contributed by atoms with Crippen molar-refractivity contribution in [2.24, 2.45) is 15.8 Å². The first-order chi connectivity index (χ1) is 22.5. The topological polar surface area (TPSA) is 160 Å². The predicted molar refractivity (Wildman–Crippen MR) is 173 cm³/mol. The van der Waals surface area contributed by atoms with Gasteiger partial charge in [-0.25, -0.2) is 29.3 Å². The molecule has 2 saturated heterocycles. The summed E-state index contributed by atoms with van der Waals surface area (Å²) in [5, 5.41) is 12.8. The summed E-state index contributed by atoms with van der Waals surface area (Å²) in [5.74, 6) is 1.83. The maximum absolute atomic E-state index is 13.7. The number of nitrogens with two attached hydrogens (primary N) is 1. The molecule has 1 aromatic carbocycles. The third-order valence-electron chi connectivity index (χ3n) is 8.37. The molecular formula is C31H36FN13O. The van der Waals surface area contributed by atoms with Gasteiger partial charge in [0.1, 0.15) is 12.0 Å². The second kappa shape index (κ2) is 13.0. The molecule has 7 rings (SSSR count). The molecular weight excluding hydrogens is 589 g/mol. The van der Waals surface area contributed by atoms with Crippen molar-refractivity contribution in [3.63, 3.8) is 0 Å². The Kier molecular flexibility index (Phi) is 8.29. The summed E-state index contributed by atoms with van der Waals surface area (Å²) in [6.45, 7) is 2.91. The number of nitrogens with one attached hydrogen (secondary N) is 3. The van der Waals surface area contributed by atoms with Gasteiger partial charge in [-0.2, -0.15) is 0 Å². The van der Waals surface area contributed by atoms with Crippen molar-refractivity contribution >= 4 is 34.7 Å². The van der Waals surface area contributed by atoms with Crippen molar-refractivity contribution < 1.29 is 9.18 Å². The summed E-state index contributed by atoms with van der Waals surface area (Å²) >= 11 is 0. The van der Waals surface area contributed by atoms with Gasteiger partial charge in [-0.3, -0.25) is 4.79 Å². The largest absolute Gasteiger partial charge is 0.352 e. The van der Waals surface area contributed by atoms with Gasteiger partial charge in [0, 0.05) is 81.6 Å². The number of amidine groups is 2. The molecule has 0 spiro atoms. The van der Waals surface area contributed by atoms with Crippen LogP contribution < -0.4 is 26.3 Å². The second-order valence-corrected chi connectivity index (χ2v) is 11.6. The number of hydrazone groups is 1. The number of amides is 1. The number of imidazole rings is 2. The molecule has 3 aliphatic rings. The van der Waals surface area contributed by atoms with Crippen molar-refractivity contribution in [1.82, 2.24) is 39.9 Å². The highest BCUT2D eigenvalue weighted by Gasteiger charge is 2.33. The van der Waals surface area contributed by atoms with Crippen LogP contribution in [0.5, 0.6) is 0 Å². The van der Waals surface area contributed by atoms with Crippen LogP contribution in [0.1, 0.15) is 31.5 Å². The quantitative estimate of drug-likeness (QED) is 0.161. The smallest absolute Gasteiger partial charge is 0.288 e. The number of aromatic nitrogens is 5. The van der Waals surface area contributed by atoms with Crippen LogP contribution in [-0.2, 0) is 4.79 Å². The Morgan fingerprint density at radius 3 is 2.72 bits per heavy atom. The first-order valence-electron chi connectivity index (χ1n) is 15.5. The van der Waals surface area contributed by atoms with Crippen molar-refractivity contribution in [2.45, 2.75) is 43.9 Å². The third kappa shape index (κ3) is 6.26. The van der Waals surface area contributed by atoms with Gasteiger partial charge < -0.3 is 35.6 Å². The Bertz CT molecular complexity index is 1750. The van der Waals surface area contributed by atoms with E-state index < -0.39 is 0 Å². The lowest BCUT2D eigenvalue weighted by Gasteiger charge is -2.23. The minimum atomic E-state index is -0.340. The Morgan fingerprint density at radius 2 is 1.93 bits per heavy atom. The number of hydrogen-bond donors (Lipinski definition) is 4. The van der Waals surface area contributed by atoms with Gasteiger partial charge in [0.2, 0.25) is 5.84 Å². The van der Waals surface area contributed by atoms with Crippen molar-refractivity contribution in [1.29, 1.82) is 0 Å². The van der Waals surface area contributed by atoms with E-state index >= 15 is 0 Å². The number of carbonyl (C=O) groups excluding carboxylic acids is 1. The van der Waals surface area contributed by atoms with Gasteiger partial charge in [-0.15, -0.1) is 5.10 Å². The Morgan fingerprint density at radius 1 is 1.09 bits per heavy atom. The molecule has 15 heteroatoms. The number of anilines is 2. The summed E-state index contributed by atoms with van der Waals surface area (Å²) in [4.78, 5) is 38.9. The number of aromatic amines is 1. The molecule has 0 radical (unpaired) electrons. The van der Waals surface area contributed by atoms with E-state index in [9.17, 15) is 9.18 Å². The molecule has 3 aromatic heterocycles. The van der Waals surface area contributed by atoms with E-state index in [0.29, 0.717) is 30.9 Å². The SMILES string of the molecule is NC1CCN(/C(=N/C=C\CCC2NC(C(=O)N[C@H]3CCN(c4nccn5ccnc45)C3)=NN2c2ccc(F)cc2)c2ncc[nH]2)C1. The first kappa shape index (κ1) is 29.4. The van der Waals surface area contributed by atoms with Crippen LogP contribution in [0.25, 0.3) is 5.65 Å². The molecule has 2 unspecified atom stereocenters. The minimum Gasteiger partial charge on any atom is -0.352 e. The molecule has 0 saturated carbocycles. The van der Waals surface area contributed by atoms with E-state index in [4.69, 9.17) is 10.7 Å². The van der Waals surface area contributed by atoms with Crippen LogP contribution in [0.4, 0.5) is 15.9 Å². The number of fused-ring (bicyclic) bond motifs is 1. The van der Waals surface area contributed by atoms with E-state index in [-0.39, 0.29) is 35.8 Å². The summed E-state index contributed by atoms with van der Waals surface area (Å²) in [7, 11) is 0. The molecule has 2 fully saturated rings. The van der Waals surface area contributed by atoms with Crippen LogP contribution in [0.15, 0.2) is 83.8 Å². The van der Waals surface area contributed by atoms with Crippen LogP contribution >= 0.6 is 0 Å². The van der Waals surface area contributed by atoms with Crippen molar-refractivity contribution in [2.75, 3.05) is 36.1 Å². The third-order valence-corrected chi connectivity index (χ3v) is 8.37. The van der Waals surface area contributed by atoms with Crippen LogP contribution in [-0.4, -0.2) is 91.2 Å². The second-order valence-electron chi connectivity index (χ2n) is 11.6. The van der Waals surface area contributed by atoms with Crippen LogP contribution in [0, 0.1) is 5.82 Å². The monoisotopic (exact) mass is 625 g/mol. The number of carbonyl (C=O) groups is 1. The van der Waals surface area contributed by atoms with Crippen LogP contribution in [0.2, 0.25) is 0 Å². The molecule has 5 N–H and O–H groups in total. The minimum absolute atomic E-state index is 0.0818. The Balaban J connectivity index is 1.00. The number of likely N-dealkylation sites (tertiary alicyclic amines) is 1. The van der Waals surface area contributed by atoms with E-state index in [1.54, 1.807) is 48.1 Å². The normalized spacial score (nSPS) is 21.9. The number of halogens is 1. The average Bonchev–Trinajstić information content (AvgIpc) is 3.90. The average molecular weight is 626 g/mol. The number of benzene rings is 1. The molecule has 3 aliphatic heterocycles. The number of hydrogen-bond acceptors (Lipinski definition) is 10. The van der Waals surface area contributed by atoms with E-state index in [1.807, 2.05) is 22.9 Å². The lowest BCUT2D eigenvalue weighted by atomic mass is 10.2. The number of H-pyrrole nitrogens is 1. The maximum Gasteiger partial charge on any atom is 0.288 e. The van der Waals surface area contributed by atoms with E-state index in [0.717, 1.165) is 49.8 Å². The predicted octanol–water partition coefficient (Wildman–Crippen LogP) is 1.81. The van der Waals surface area contributed by atoms with Gasteiger partial charge in [0.15, 0.2) is 23.1 Å². The summed E-state index contributed by atoms with van der Waals surface area (Å²) < 4.78 is 15.7. The fraction of sp³-hybridized carbons (Fsp3) is 0.355. The number of nitrogens with zero attached hydrogens (tertiary/aromatic N) is 9. The molecule has 1 amide bonds. The highest BCUT2D eigenvalue weighted by atomic mass is 19.1. The highest BCUT2D eigenvalue weighted by molar-refractivity contribution is 6.38. The van der Waals surface area contributed by atoms with Crippen molar-refractivity contribution in [3.8, 4) is 0 Å². The molecule has 46 heavy (non-hydrogen) atoms.